The van der Waals surface area contributed by atoms with Crippen molar-refractivity contribution in [1.29, 1.82) is 0 Å². The van der Waals surface area contributed by atoms with E-state index in [4.69, 9.17) is 0 Å². The molecule has 2 fully saturated rings. The first-order chi connectivity index (χ1) is 9.24. The zero-order valence-corrected chi connectivity index (χ0v) is 13.7. The van der Waals surface area contributed by atoms with E-state index in [9.17, 15) is 0 Å². The van der Waals surface area contributed by atoms with Gasteiger partial charge in [-0.3, -0.25) is 0 Å². The molecule has 0 aromatic rings. The molecule has 19 heavy (non-hydrogen) atoms. The standard InChI is InChI=1S/C16H32N2S/c1-14(12-15-8-4-3-7-11-17-15)18-13-16(19-2)9-5-6-10-16/h14-15,17-18H,3-13H2,1-2H3. The molecule has 2 rings (SSSR count). The Morgan fingerprint density at radius 1 is 1.21 bits per heavy atom. The molecule has 0 aromatic carbocycles. The topological polar surface area (TPSA) is 24.1 Å². The van der Waals surface area contributed by atoms with Crippen molar-refractivity contribution in [3.63, 3.8) is 0 Å². The Hall–Kier alpha value is 0.270. The second-order valence-corrected chi connectivity index (χ2v) is 7.89. The summed E-state index contributed by atoms with van der Waals surface area (Å²) in [6.07, 6.45) is 14.9. The zero-order chi connectivity index (χ0) is 13.6. The Labute approximate surface area is 123 Å². The summed E-state index contributed by atoms with van der Waals surface area (Å²) in [4.78, 5) is 0. The summed E-state index contributed by atoms with van der Waals surface area (Å²) >= 11 is 2.09. The number of thioether (sulfide) groups is 1. The van der Waals surface area contributed by atoms with Gasteiger partial charge in [-0.25, -0.2) is 0 Å². The fourth-order valence-electron chi connectivity index (χ4n) is 3.64. The van der Waals surface area contributed by atoms with Crippen LogP contribution in [0.5, 0.6) is 0 Å². The minimum Gasteiger partial charge on any atom is -0.314 e. The van der Waals surface area contributed by atoms with Crippen molar-refractivity contribution in [2.45, 2.75) is 81.5 Å². The van der Waals surface area contributed by atoms with Crippen LogP contribution in [0.1, 0.15) is 64.7 Å². The molecule has 1 saturated heterocycles. The average molecular weight is 285 g/mol. The summed E-state index contributed by atoms with van der Waals surface area (Å²) in [7, 11) is 0. The van der Waals surface area contributed by atoms with E-state index in [0.29, 0.717) is 10.8 Å². The molecule has 1 aliphatic carbocycles. The second kappa shape index (κ2) is 7.90. The lowest BCUT2D eigenvalue weighted by Crippen LogP contribution is -2.42. The maximum atomic E-state index is 3.82. The van der Waals surface area contributed by atoms with E-state index in [1.54, 1.807) is 0 Å². The molecule has 0 spiro atoms. The van der Waals surface area contributed by atoms with Gasteiger partial charge in [0.05, 0.1) is 0 Å². The fraction of sp³-hybridized carbons (Fsp3) is 1.00. The van der Waals surface area contributed by atoms with Crippen molar-refractivity contribution >= 4 is 11.8 Å². The summed E-state index contributed by atoms with van der Waals surface area (Å²) in [6, 6.07) is 1.40. The zero-order valence-electron chi connectivity index (χ0n) is 12.8. The Bertz CT molecular complexity index is 243. The molecular weight excluding hydrogens is 252 g/mol. The van der Waals surface area contributed by atoms with Crippen LogP contribution in [-0.4, -0.2) is 36.2 Å². The lowest BCUT2D eigenvalue weighted by atomic mass is 10.0. The minimum atomic E-state index is 0.547. The maximum absolute atomic E-state index is 3.82. The Morgan fingerprint density at radius 2 is 2.00 bits per heavy atom. The van der Waals surface area contributed by atoms with Crippen LogP contribution in [0.2, 0.25) is 0 Å². The molecule has 0 amide bonds. The van der Waals surface area contributed by atoms with E-state index in [1.807, 2.05) is 0 Å². The third-order valence-electron chi connectivity index (χ3n) is 5.02. The van der Waals surface area contributed by atoms with Gasteiger partial charge in [0.15, 0.2) is 0 Å². The molecular formula is C16H32N2S. The van der Waals surface area contributed by atoms with E-state index in [0.717, 1.165) is 6.04 Å². The number of rotatable bonds is 6. The second-order valence-electron chi connectivity index (χ2n) is 6.61. The molecule has 2 atom stereocenters. The molecule has 0 radical (unpaired) electrons. The third-order valence-corrected chi connectivity index (χ3v) is 6.44. The summed E-state index contributed by atoms with van der Waals surface area (Å²) < 4.78 is 0.547. The van der Waals surface area contributed by atoms with Crippen LogP contribution >= 0.6 is 11.8 Å². The number of nitrogens with one attached hydrogen (secondary N) is 2. The molecule has 2 aliphatic rings. The van der Waals surface area contributed by atoms with Crippen LogP contribution in [0, 0.1) is 0 Å². The molecule has 2 nitrogen and oxygen atoms in total. The van der Waals surface area contributed by atoms with Gasteiger partial charge < -0.3 is 10.6 Å². The normalized spacial score (nSPS) is 29.1. The van der Waals surface area contributed by atoms with E-state index < -0.39 is 0 Å². The largest absolute Gasteiger partial charge is 0.314 e. The van der Waals surface area contributed by atoms with Gasteiger partial charge in [-0.15, -0.1) is 0 Å². The van der Waals surface area contributed by atoms with Crippen LogP contribution in [0.3, 0.4) is 0 Å². The predicted molar refractivity (Wildman–Crippen MR) is 87.1 cm³/mol. The lowest BCUT2D eigenvalue weighted by molar-refractivity contribution is 0.388. The summed E-state index contributed by atoms with van der Waals surface area (Å²) in [5.74, 6) is 0. The van der Waals surface area contributed by atoms with Gasteiger partial charge in [-0.05, 0) is 51.8 Å². The summed E-state index contributed by atoms with van der Waals surface area (Å²) in [5, 5.41) is 7.54. The molecule has 0 bridgehead atoms. The van der Waals surface area contributed by atoms with Gasteiger partial charge >= 0.3 is 0 Å². The van der Waals surface area contributed by atoms with Crippen molar-refractivity contribution in [1.82, 2.24) is 10.6 Å². The smallest absolute Gasteiger partial charge is 0.0281 e. The highest BCUT2D eigenvalue weighted by atomic mass is 32.2. The first-order valence-electron chi connectivity index (χ1n) is 8.26. The molecule has 2 N–H and O–H groups in total. The monoisotopic (exact) mass is 284 g/mol. The highest BCUT2D eigenvalue weighted by molar-refractivity contribution is 8.00. The van der Waals surface area contributed by atoms with E-state index in [2.05, 4.69) is 35.6 Å². The van der Waals surface area contributed by atoms with E-state index in [-0.39, 0.29) is 0 Å². The van der Waals surface area contributed by atoms with Gasteiger partial charge in [0, 0.05) is 23.4 Å². The van der Waals surface area contributed by atoms with Gasteiger partial charge in [0.25, 0.3) is 0 Å². The van der Waals surface area contributed by atoms with Gasteiger partial charge in [-0.2, -0.15) is 11.8 Å². The SMILES string of the molecule is CSC1(CNC(C)CC2CCCCCN2)CCCC1. The Kier molecular flexibility index (Phi) is 6.51. The highest BCUT2D eigenvalue weighted by Crippen LogP contribution is 2.39. The van der Waals surface area contributed by atoms with Gasteiger partial charge in [0.1, 0.15) is 0 Å². The minimum absolute atomic E-state index is 0.547. The number of hydrogen-bond donors (Lipinski definition) is 2. The molecule has 2 unspecified atom stereocenters. The maximum Gasteiger partial charge on any atom is 0.0281 e. The van der Waals surface area contributed by atoms with Crippen molar-refractivity contribution in [3.8, 4) is 0 Å². The third kappa shape index (κ3) is 4.95. The van der Waals surface area contributed by atoms with Crippen LogP contribution < -0.4 is 10.6 Å². The first kappa shape index (κ1) is 15.7. The van der Waals surface area contributed by atoms with Crippen molar-refractivity contribution in [3.05, 3.63) is 0 Å². The van der Waals surface area contributed by atoms with Crippen molar-refractivity contribution < 1.29 is 0 Å². The molecule has 3 heteroatoms. The van der Waals surface area contributed by atoms with Gasteiger partial charge in [0.2, 0.25) is 0 Å². The fourth-order valence-corrected chi connectivity index (χ4v) is 4.57. The summed E-state index contributed by atoms with van der Waals surface area (Å²) in [5.41, 5.74) is 0. The van der Waals surface area contributed by atoms with Gasteiger partial charge in [-0.1, -0.05) is 25.7 Å². The summed E-state index contributed by atoms with van der Waals surface area (Å²) in [6.45, 7) is 4.81. The first-order valence-corrected chi connectivity index (χ1v) is 9.48. The molecule has 112 valence electrons. The molecule has 0 aromatic heterocycles. The lowest BCUT2D eigenvalue weighted by Gasteiger charge is -2.30. The van der Waals surface area contributed by atoms with Crippen LogP contribution in [0.25, 0.3) is 0 Å². The quantitative estimate of drug-likeness (QED) is 0.780. The molecule has 1 saturated carbocycles. The highest BCUT2D eigenvalue weighted by Gasteiger charge is 2.32. The van der Waals surface area contributed by atoms with Crippen molar-refractivity contribution in [2.24, 2.45) is 0 Å². The van der Waals surface area contributed by atoms with E-state index >= 15 is 0 Å². The predicted octanol–water partition coefficient (Wildman–Crippen LogP) is 3.56. The Balaban J connectivity index is 1.69. The molecule has 1 aliphatic heterocycles. The van der Waals surface area contributed by atoms with Crippen LogP contribution in [-0.2, 0) is 0 Å². The Morgan fingerprint density at radius 3 is 2.74 bits per heavy atom. The number of hydrogen-bond acceptors (Lipinski definition) is 3. The van der Waals surface area contributed by atoms with Crippen LogP contribution in [0.4, 0.5) is 0 Å². The van der Waals surface area contributed by atoms with Crippen LogP contribution in [0.15, 0.2) is 0 Å². The average Bonchev–Trinajstić information content (AvgIpc) is 2.75. The van der Waals surface area contributed by atoms with E-state index in [1.165, 1.54) is 70.9 Å². The molecule has 1 heterocycles. The van der Waals surface area contributed by atoms with Crippen molar-refractivity contribution in [2.75, 3.05) is 19.3 Å².